The fourth-order valence-corrected chi connectivity index (χ4v) is 1.84. The maximum absolute atomic E-state index is 11.4. The minimum Gasteiger partial charge on any atom is -0.466 e. The van der Waals surface area contributed by atoms with Crippen LogP contribution in [0.3, 0.4) is 0 Å². The van der Waals surface area contributed by atoms with Gasteiger partial charge in [0.1, 0.15) is 0 Å². The number of hydrogen-bond acceptors (Lipinski definition) is 5. The molecule has 1 N–H and O–H groups in total. The van der Waals surface area contributed by atoms with E-state index in [9.17, 15) is 9.90 Å². The van der Waals surface area contributed by atoms with Crippen molar-refractivity contribution >= 4 is 18.6 Å². The summed E-state index contributed by atoms with van der Waals surface area (Å²) in [5, 5.41) is 18.0. The summed E-state index contributed by atoms with van der Waals surface area (Å²) in [4.78, 5) is 11.9. The van der Waals surface area contributed by atoms with E-state index in [1.807, 2.05) is 6.07 Å². The molecule has 0 aromatic heterocycles. The van der Waals surface area contributed by atoms with Crippen LogP contribution < -0.4 is 0 Å². The summed E-state index contributed by atoms with van der Waals surface area (Å²) in [5.74, 6) is -0.384. The molecule has 1 aromatic carbocycles. The SMILES string of the molecule is CCOC(=O)Cc1cc(C#N)cc(S)c1CO. The molecule has 0 fully saturated rings. The largest absolute Gasteiger partial charge is 0.466 e. The Bertz CT molecular complexity index is 466. The van der Waals surface area contributed by atoms with Gasteiger partial charge in [-0.25, -0.2) is 0 Å². The van der Waals surface area contributed by atoms with Crippen LogP contribution in [0.25, 0.3) is 0 Å². The Morgan fingerprint density at radius 1 is 1.59 bits per heavy atom. The quantitative estimate of drug-likeness (QED) is 0.627. The number of nitrogens with zero attached hydrogens (tertiary/aromatic N) is 1. The van der Waals surface area contributed by atoms with Crippen LogP contribution in [0.15, 0.2) is 17.0 Å². The third kappa shape index (κ3) is 3.48. The second-order valence-corrected chi connectivity index (χ2v) is 3.87. The molecule has 0 spiro atoms. The van der Waals surface area contributed by atoms with Gasteiger partial charge in [0.2, 0.25) is 0 Å². The lowest BCUT2D eigenvalue weighted by atomic mass is 10.0. The minimum atomic E-state index is -0.384. The highest BCUT2D eigenvalue weighted by Crippen LogP contribution is 2.22. The van der Waals surface area contributed by atoms with Crippen molar-refractivity contribution in [3.05, 3.63) is 28.8 Å². The Labute approximate surface area is 105 Å². The zero-order chi connectivity index (χ0) is 12.8. The molecule has 0 radical (unpaired) electrons. The fraction of sp³-hybridized carbons (Fsp3) is 0.333. The Morgan fingerprint density at radius 2 is 2.29 bits per heavy atom. The van der Waals surface area contributed by atoms with E-state index in [0.717, 1.165) is 0 Å². The van der Waals surface area contributed by atoms with E-state index in [0.29, 0.717) is 28.2 Å². The van der Waals surface area contributed by atoms with E-state index in [4.69, 9.17) is 10.00 Å². The van der Waals surface area contributed by atoms with E-state index in [2.05, 4.69) is 12.6 Å². The smallest absolute Gasteiger partial charge is 0.310 e. The number of ether oxygens (including phenoxy) is 1. The Kier molecular flexibility index (Phi) is 5.01. The first kappa shape index (κ1) is 13.6. The maximum atomic E-state index is 11.4. The monoisotopic (exact) mass is 251 g/mol. The molecule has 1 aromatic rings. The van der Waals surface area contributed by atoms with Crippen molar-refractivity contribution < 1.29 is 14.6 Å². The van der Waals surface area contributed by atoms with Crippen molar-refractivity contribution in [1.29, 1.82) is 5.26 Å². The summed E-state index contributed by atoms with van der Waals surface area (Å²) in [5.41, 5.74) is 1.54. The summed E-state index contributed by atoms with van der Waals surface area (Å²) in [7, 11) is 0. The number of thiol groups is 1. The normalized spacial score (nSPS) is 9.76. The second-order valence-electron chi connectivity index (χ2n) is 3.38. The summed E-state index contributed by atoms with van der Waals surface area (Å²) in [6.07, 6.45) is 0.0345. The number of esters is 1. The Hall–Kier alpha value is -1.51. The number of aliphatic hydroxyl groups is 1. The topological polar surface area (TPSA) is 70.3 Å². The summed E-state index contributed by atoms with van der Waals surface area (Å²) in [6, 6.07) is 5.11. The van der Waals surface area contributed by atoms with Gasteiger partial charge in [-0.1, -0.05) is 0 Å². The Morgan fingerprint density at radius 3 is 2.82 bits per heavy atom. The molecule has 0 saturated heterocycles. The van der Waals surface area contributed by atoms with Gasteiger partial charge in [0.05, 0.1) is 31.3 Å². The van der Waals surface area contributed by atoms with E-state index in [1.54, 1.807) is 19.1 Å². The van der Waals surface area contributed by atoms with Crippen LogP contribution in [0.1, 0.15) is 23.6 Å². The third-order valence-electron chi connectivity index (χ3n) is 2.25. The molecule has 0 aliphatic carbocycles. The van der Waals surface area contributed by atoms with Crippen molar-refractivity contribution in [2.24, 2.45) is 0 Å². The first-order valence-electron chi connectivity index (χ1n) is 5.13. The molecular weight excluding hydrogens is 238 g/mol. The van der Waals surface area contributed by atoms with Gasteiger partial charge in [-0.15, -0.1) is 12.6 Å². The maximum Gasteiger partial charge on any atom is 0.310 e. The number of carbonyl (C=O) groups is 1. The first-order chi connectivity index (χ1) is 8.12. The number of carbonyl (C=O) groups excluding carboxylic acids is 1. The van der Waals surface area contributed by atoms with Gasteiger partial charge in [0.25, 0.3) is 0 Å². The third-order valence-corrected chi connectivity index (χ3v) is 2.65. The van der Waals surface area contributed by atoms with Crippen LogP contribution in [0.5, 0.6) is 0 Å². The predicted molar refractivity (Wildman–Crippen MR) is 64.7 cm³/mol. The van der Waals surface area contributed by atoms with E-state index < -0.39 is 0 Å². The first-order valence-corrected chi connectivity index (χ1v) is 5.58. The van der Waals surface area contributed by atoms with Crippen LogP contribution in [0, 0.1) is 11.3 Å². The summed E-state index contributed by atoms with van der Waals surface area (Å²) < 4.78 is 4.83. The lowest BCUT2D eigenvalue weighted by Gasteiger charge is -2.10. The van der Waals surface area contributed by atoms with Crippen LogP contribution in [0.4, 0.5) is 0 Å². The Balaban J connectivity index is 3.08. The molecule has 1 rings (SSSR count). The van der Waals surface area contributed by atoms with E-state index >= 15 is 0 Å². The molecule has 90 valence electrons. The van der Waals surface area contributed by atoms with Crippen LogP contribution in [-0.2, 0) is 22.6 Å². The highest BCUT2D eigenvalue weighted by molar-refractivity contribution is 7.80. The average Bonchev–Trinajstić information content (AvgIpc) is 2.28. The molecule has 0 heterocycles. The van der Waals surface area contributed by atoms with Crippen molar-refractivity contribution in [1.82, 2.24) is 0 Å². The van der Waals surface area contributed by atoms with E-state index in [-0.39, 0.29) is 19.0 Å². The highest BCUT2D eigenvalue weighted by atomic mass is 32.1. The molecule has 0 aliphatic rings. The molecule has 5 heteroatoms. The number of nitriles is 1. The van der Waals surface area contributed by atoms with Gasteiger partial charge in [0, 0.05) is 4.90 Å². The zero-order valence-corrected chi connectivity index (χ0v) is 10.3. The molecule has 17 heavy (non-hydrogen) atoms. The number of rotatable bonds is 4. The van der Waals surface area contributed by atoms with Crippen LogP contribution in [0.2, 0.25) is 0 Å². The molecule has 0 unspecified atom stereocenters. The number of hydrogen-bond donors (Lipinski definition) is 2. The van der Waals surface area contributed by atoms with Gasteiger partial charge in [-0.3, -0.25) is 4.79 Å². The van der Waals surface area contributed by atoms with Gasteiger partial charge in [-0.05, 0) is 30.2 Å². The van der Waals surface area contributed by atoms with E-state index in [1.165, 1.54) is 0 Å². The predicted octanol–water partition coefficient (Wildman–Crippen LogP) is 1.44. The van der Waals surface area contributed by atoms with Crippen molar-refractivity contribution in [3.8, 4) is 6.07 Å². The molecule has 0 bridgehead atoms. The summed E-state index contributed by atoms with van der Waals surface area (Å²) >= 11 is 4.18. The van der Waals surface area contributed by atoms with Crippen molar-refractivity contribution in [2.45, 2.75) is 24.8 Å². The second kappa shape index (κ2) is 6.28. The van der Waals surface area contributed by atoms with Gasteiger partial charge in [0.15, 0.2) is 0 Å². The lowest BCUT2D eigenvalue weighted by molar-refractivity contribution is -0.142. The van der Waals surface area contributed by atoms with Crippen molar-refractivity contribution in [3.63, 3.8) is 0 Å². The minimum absolute atomic E-state index is 0.0345. The molecule has 0 amide bonds. The average molecular weight is 251 g/mol. The van der Waals surface area contributed by atoms with Gasteiger partial charge >= 0.3 is 5.97 Å². The molecule has 4 nitrogen and oxygen atoms in total. The molecular formula is C12H13NO3S. The van der Waals surface area contributed by atoms with Gasteiger partial charge in [-0.2, -0.15) is 5.26 Å². The zero-order valence-electron chi connectivity index (χ0n) is 9.43. The number of benzene rings is 1. The standard InChI is InChI=1S/C12H13NO3S/c1-2-16-12(15)5-9-3-8(6-13)4-11(17)10(9)7-14/h3-4,14,17H,2,5,7H2,1H3. The van der Waals surface area contributed by atoms with Crippen molar-refractivity contribution in [2.75, 3.05) is 6.61 Å². The molecule has 0 saturated carbocycles. The number of aliphatic hydroxyl groups excluding tert-OH is 1. The van der Waals surface area contributed by atoms with Crippen LogP contribution >= 0.6 is 12.6 Å². The van der Waals surface area contributed by atoms with Gasteiger partial charge < -0.3 is 9.84 Å². The highest BCUT2D eigenvalue weighted by Gasteiger charge is 2.12. The molecule has 0 atom stereocenters. The molecule has 0 aliphatic heterocycles. The van der Waals surface area contributed by atoms with Crippen LogP contribution in [-0.4, -0.2) is 17.7 Å². The summed E-state index contributed by atoms with van der Waals surface area (Å²) in [6.45, 7) is 1.80. The lowest BCUT2D eigenvalue weighted by Crippen LogP contribution is -2.10. The fourth-order valence-electron chi connectivity index (χ4n) is 1.49.